The quantitative estimate of drug-likeness (QED) is 0.178. The lowest BCUT2D eigenvalue weighted by Gasteiger charge is -2.15. The van der Waals surface area contributed by atoms with Crippen LogP contribution in [0.5, 0.6) is 0 Å². The largest absolute Gasteiger partial charge is 0.385 e. The van der Waals surface area contributed by atoms with Gasteiger partial charge in [0.05, 0.1) is 11.1 Å². The highest BCUT2D eigenvalue weighted by Gasteiger charge is 2.38. The van der Waals surface area contributed by atoms with Gasteiger partial charge in [-0.15, -0.1) is 0 Å². The molecule has 0 bridgehead atoms. The Bertz CT molecular complexity index is 1310. The van der Waals surface area contributed by atoms with Crippen LogP contribution >= 0.6 is 11.6 Å². The van der Waals surface area contributed by atoms with Crippen molar-refractivity contribution in [3.05, 3.63) is 41.1 Å². The van der Waals surface area contributed by atoms with Gasteiger partial charge in [0.1, 0.15) is 18.1 Å². The molecular formula is C28H37ClFN3O3Si. The van der Waals surface area contributed by atoms with Gasteiger partial charge in [-0.25, -0.2) is 9.07 Å². The molecule has 0 amide bonds. The van der Waals surface area contributed by atoms with Gasteiger partial charge in [0.25, 0.3) is 0 Å². The Morgan fingerprint density at radius 1 is 1.22 bits per heavy atom. The first-order valence-electron chi connectivity index (χ1n) is 12.9. The van der Waals surface area contributed by atoms with Crippen LogP contribution in [0.3, 0.4) is 0 Å². The molecule has 200 valence electrons. The molecule has 2 heterocycles. The number of methoxy groups -OCH3 is 1. The third-order valence-corrected chi connectivity index (χ3v) is 8.75. The van der Waals surface area contributed by atoms with E-state index in [1.165, 1.54) is 6.07 Å². The number of nitrogens with zero attached hydrogens (tertiary/aromatic N) is 3. The summed E-state index contributed by atoms with van der Waals surface area (Å²) < 4.78 is 29.9. The van der Waals surface area contributed by atoms with Crippen LogP contribution in [0.1, 0.15) is 31.7 Å². The first kappa shape index (κ1) is 27.9. The molecular weight excluding hydrogens is 509 g/mol. The molecule has 1 unspecified atom stereocenters. The molecule has 1 N–H and O–H groups in total. The molecule has 1 aliphatic rings. The summed E-state index contributed by atoms with van der Waals surface area (Å²) in [7, 11) is 0.490. The van der Waals surface area contributed by atoms with Crippen LogP contribution in [0.4, 0.5) is 4.39 Å². The van der Waals surface area contributed by atoms with Crippen molar-refractivity contribution in [2.45, 2.75) is 70.7 Å². The van der Waals surface area contributed by atoms with E-state index < -0.39 is 19.5 Å². The minimum Gasteiger partial charge on any atom is -0.385 e. The van der Waals surface area contributed by atoms with Crippen LogP contribution in [-0.2, 0) is 22.7 Å². The fourth-order valence-corrected chi connectivity index (χ4v) is 5.31. The molecule has 6 nitrogen and oxygen atoms in total. The summed E-state index contributed by atoms with van der Waals surface area (Å²) in [6, 6.07) is 4.34. The second-order valence-electron chi connectivity index (χ2n) is 11.3. The number of fused-ring (bicyclic) bond motifs is 1. The number of aliphatic hydroxyl groups is 1. The van der Waals surface area contributed by atoms with Crippen molar-refractivity contribution in [1.29, 1.82) is 0 Å². The average Bonchev–Trinajstić information content (AvgIpc) is 3.55. The minimum atomic E-state index is -1.18. The van der Waals surface area contributed by atoms with Gasteiger partial charge < -0.3 is 19.1 Å². The second-order valence-corrected chi connectivity index (χ2v) is 17.3. The van der Waals surface area contributed by atoms with E-state index >= 15 is 4.39 Å². The molecule has 0 saturated heterocycles. The molecule has 0 spiro atoms. The van der Waals surface area contributed by atoms with E-state index in [2.05, 4.69) is 36.6 Å². The summed E-state index contributed by atoms with van der Waals surface area (Å²) in [6.45, 7) is 10.9. The lowest BCUT2D eigenvalue weighted by atomic mass is 10.00. The zero-order valence-corrected chi connectivity index (χ0v) is 24.2. The maximum atomic E-state index is 15.2. The maximum absolute atomic E-state index is 15.2. The maximum Gasteiger partial charge on any atom is 0.159 e. The molecule has 1 fully saturated rings. The van der Waals surface area contributed by atoms with Gasteiger partial charge in [-0.05, 0) is 50.3 Å². The highest BCUT2D eigenvalue weighted by molar-refractivity contribution is 6.76. The summed E-state index contributed by atoms with van der Waals surface area (Å²) >= 11 is 6.59. The molecule has 3 aromatic rings. The fraction of sp³-hybridized carbons (Fsp3) is 0.536. The second kappa shape index (κ2) is 11.3. The predicted octanol–water partition coefficient (Wildman–Crippen LogP) is 6.16. The molecule has 0 radical (unpaired) electrons. The predicted molar refractivity (Wildman–Crippen MR) is 149 cm³/mol. The molecule has 1 aromatic carbocycles. The van der Waals surface area contributed by atoms with Crippen molar-refractivity contribution in [3.8, 4) is 23.0 Å². The van der Waals surface area contributed by atoms with Gasteiger partial charge >= 0.3 is 0 Å². The molecule has 4 rings (SSSR count). The minimum absolute atomic E-state index is 0.154. The Morgan fingerprint density at radius 3 is 2.65 bits per heavy atom. The standard InChI is InChI=1S/C28H37ClFN3O3Si/c1-28(34,21-7-8-21)10-9-20-15-22-23(17-32(11-6-12-35-2)26(22)16-25(20)30)24-18-33(31-27(24)29)19-36-13-14-37(3,4)5/h15-18,21,34H,6-8,11-14,19H2,1-5H3. The number of hydrogen-bond donors (Lipinski definition) is 1. The van der Waals surface area contributed by atoms with Gasteiger partial charge in [-0.2, -0.15) is 5.10 Å². The third-order valence-electron chi connectivity index (χ3n) is 6.77. The van der Waals surface area contributed by atoms with E-state index in [-0.39, 0.29) is 11.5 Å². The Balaban J connectivity index is 1.68. The SMILES string of the molecule is COCCCn1cc(-c2cn(COCC[Si](C)(C)C)nc2Cl)c2cc(C#CC(C)(O)C3CC3)c(F)cc21. The van der Waals surface area contributed by atoms with Crippen molar-refractivity contribution in [2.75, 3.05) is 20.3 Å². The van der Waals surface area contributed by atoms with Crippen LogP contribution in [0.25, 0.3) is 22.0 Å². The van der Waals surface area contributed by atoms with Crippen molar-refractivity contribution < 1.29 is 19.0 Å². The van der Waals surface area contributed by atoms with Gasteiger partial charge in [-0.1, -0.05) is 43.1 Å². The summed E-state index contributed by atoms with van der Waals surface area (Å²) in [5.41, 5.74) is 1.49. The Morgan fingerprint density at radius 2 is 1.97 bits per heavy atom. The molecule has 1 saturated carbocycles. The smallest absolute Gasteiger partial charge is 0.159 e. The molecule has 37 heavy (non-hydrogen) atoms. The number of benzene rings is 1. The Hall–Kier alpha value is -2.15. The zero-order valence-electron chi connectivity index (χ0n) is 22.4. The highest BCUT2D eigenvalue weighted by Crippen LogP contribution is 2.39. The topological polar surface area (TPSA) is 61.4 Å². The van der Waals surface area contributed by atoms with E-state index in [4.69, 9.17) is 21.1 Å². The monoisotopic (exact) mass is 545 g/mol. The number of aryl methyl sites for hydroxylation is 1. The number of rotatable bonds is 11. The normalized spacial score (nSPS) is 15.6. The average molecular weight is 546 g/mol. The van der Waals surface area contributed by atoms with E-state index in [0.717, 1.165) is 47.3 Å². The van der Waals surface area contributed by atoms with Gasteiger partial charge in [0.15, 0.2) is 5.15 Å². The number of hydrogen-bond acceptors (Lipinski definition) is 4. The number of ether oxygens (including phenoxy) is 2. The Kier molecular flexibility index (Phi) is 8.51. The molecule has 1 atom stereocenters. The van der Waals surface area contributed by atoms with Crippen LogP contribution < -0.4 is 0 Å². The first-order valence-corrected chi connectivity index (χ1v) is 16.9. The number of aromatic nitrogens is 3. The van der Waals surface area contributed by atoms with Gasteiger partial charge in [0.2, 0.25) is 0 Å². The van der Waals surface area contributed by atoms with E-state index in [9.17, 15) is 5.11 Å². The zero-order chi connectivity index (χ0) is 26.8. The highest BCUT2D eigenvalue weighted by atomic mass is 35.5. The van der Waals surface area contributed by atoms with E-state index in [1.54, 1.807) is 24.8 Å². The van der Waals surface area contributed by atoms with E-state index in [1.807, 2.05) is 17.0 Å². The van der Waals surface area contributed by atoms with Crippen molar-refractivity contribution in [2.24, 2.45) is 5.92 Å². The fourth-order valence-electron chi connectivity index (χ4n) is 4.31. The van der Waals surface area contributed by atoms with Gasteiger partial charge in [0, 0.05) is 63.8 Å². The van der Waals surface area contributed by atoms with Crippen LogP contribution in [0.15, 0.2) is 24.5 Å². The summed E-state index contributed by atoms with van der Waals surface area (Å²) in [5.74, 6) is 5.53. The van der Waals surface area contributed by atoms with Gasteiger partial charge in [-0.3, -0.25) is 0 Å². The van der Waals surface area contributed by atoms with Crippen LogP contribution in [0.2, 0.25) is 30.8 Å². The third kappa shape index (κ3) is 7.04. The lowest BCUT2D eigenvalue weighted by molar-refractivity contribution is 0.0786. The molecule has 1 aliphatic carbocycles. The van der Waals surface area contributed by atoms with Crippen LogP contribution in [0, 0.1) is 23.6 Å². The molecule has 2 aromatic heterocycles. The van der Waals surface area contributed by atoms with E-state index in [0.29, 0.717) is 31.6 Å². The summed E-state index contributed by atoms with van der Waals surface area (Å²) in [6.07, 6.45) is 6.53. The summed E-state index contributed by atoms with van der Waals surface area (Å²) in [5, 5.41) is 16.2. The lowest BCUT2D eigenvalue weighted by Crippen LogP contribution is -2.24. The van der Waals surface area contributed by atoms with Crippen LogP contribution in [-0.4, -0.2) is 53.5 Å². The molecule has 9 heteroatoms. The van der Waals surface area contributed by atoms with Crippen molar-refractivity contribution >= 4 is 30.6 Å². The van der Waals surface area contributed by atoms with Crippen molar-refractivity contribution in [3.63, 3.8) is 0 Å². The first-order chi connectivity index (χ1) is 17.5. The van der Waals surface area contributed by atoms with Crippen molar-refractivity contribution in [1.82, 2.24) is 14.3 Å². The molecule has 0 aliphatic heterocycles. The summed E-state index contributed by atoms with van der Waals surface area (Å²) in [4.78, 5) is 0. The Labute approximate surface area is 224 Å². The number of halogens is 2.